The molecule has 2 aromatic rings. The minimum Gasteiger partial charge on any atom is -0.366 e. The summed E-state index contributed by atoms with van der Waals surface area (Å²) in [6.45, 7) is 0. The van der Waals surface area contributed by atoms with Crippen LogP contribution in [0.1, 0.15) is 34.3 Å². The number of amides is 1. The van der Waals surface area contributed by atoms with Crippen LogP contribution < -0.4 is 5.73 Å². The van der Waals surface area contributed by atoms with Crippen molar-refractivity contribution < 1.29 is 4.79 Å². The maximum absolute atomic E-state index is 11.6. The summed E-state index contributed by atoms with van der Waals surface area (Å²) in [4.78, 5) is 11.6. The van der Waals surface area contributed by atoms with Crippen LogP contribution in [0.15, 0.2) is 42.5 Å². The number of hydrogen-bond acceptors (Lipinski definition) is 1. The molecule has 0 bridgehead atoms. The Morgan fingerprint density at radius 1 is 0.895 bits per heavy atom. The number of carbonyl (C=O) groups excluding carboxylic acids is 1. The van der Waals surface area contributed by atoms with Gasteiger partial charge >= 0.3 is 0 Å². The van der Waals surface area contributed by atoms with E-state index >= 15 is 0 Å². The van der Waals surface area contributed by atoms with E-state index in [9.17, 15) is 4.79 Å². The second-order valence-corrected chi connectivity index (χ2v) is 5.06. The van der Waals surface area contributed by atoms with Crippen molar-refractivity contribution in [3.63, 3.8) is 0 Å². The number of hydrogen-bond donors (Lipinski definition) is 1. The summed E-state index contributed by atoms with van der Waals surface area (Å²) in [5.74, 6) is -0.324. The summed E-state index contributed by atoms with van der Waals surface area (Å²) in [6, 6.07) is 14.3. The molecule has 96 valence electrons. The van der Waals surface area contributed by atoms with E-state index in [0.29, 0.717) is 5.56 Å². The van der Waals surface area contributed by atoms with Crippen molar-refractivity contribution in [3.8, 4) is 11.1 Å². The van der Waals surface area contributed by atoms with E-state index in [-0.39, 0.29) is 5.91 Å². The number of nitrogens with two attached hydrogens (primary N) is 1. The molecule has 2 nitrogen and oxygen atoms in total. The average molecular weight is 251 g/mol. The lowest BCUT2D eigenvalue weighted by atomic mass is 9.85. The quantitative estimate of drug-likeness (QED) is 0.830. The third kappa shape index (κ3) is 2.14. The number of carbonyl (C=O) groups is 1. The highest BCUT2D eigenvalue weighted by molar-refractivity contribution is 5.96. The van der Waals surface area contributed by atoms with Crippen molar-refractivity contribution in [2.45, 2.75) is 25.7 Å². The minimum atomic E-state index is -0.324. The van der Waals surface area contributed by atoms with E-state index in [1.807, 2.05) is 12.1 Å². The average Bonchev–Trinajstić information content (AvgIpc) is 2.41. The molecule has 2 heteroatoms. The zero-order valence-corrected chi connectivity index (χ0v) is 10.9. The molecule has 0 fully saturated rings. The molecule has 3 rings (SSSR count). The van der Waals surface area contributed by atoms with Crippen molar-refractivity contribution in [2.24, 2.45) is 5.73 Å². The molecule has 0 aliphatic heterocycles. The fourth-order valence-corrected chi connectivity index (χ4v) is 2.96. The zero-order chi connectivity index (χ0) is 13.2. The number of aryl methyl sites for hydroxylation is 1. The maximum atomic E-state index is 11.6. The van der Waals surface area contributed by atoms with Gasteiger partial charge in [0.25, 0.3) is 0 Å². The highest BCUT2D eigenvalue weighted by atomic mass is 16.1. The first-order valence-corrected chi connectivity index (χ1v) is 6.77. The Morgan fingerprint density at radius 3 is 2.47 bits per heavy atom. The second kappa shape index (κ2) is 4.88. The van der Waals surface area contributed by atoms with Gasteiger partial charge in [-0.25, -0.2) is 0 Å². The highest BCUT2D eigenvalue weighted by Crippen LogP contribution is 2.33. The van der Waals surface area contributed by atoms with Crippen LogP contribution in [-0.2, 0) is 12.8 Å². The Morgan fingerprint density at radius 2 is 1.63 bits per heavy atom. The molecule has 0 unspecified atom stereocenters. The second-order valence-electron chi connectivity index (χ2n) is 5.06. The van der Waals surface area contributed by atoms with Gasteiger partial charge in [-0.1, -0.05) is 36.4 Å². The molecule has 19 heavy (non-hydrogen) atoms. The van der Waals surface area contributed by atoms with Crippen LogP contribution in [-0.4, -0.2) is 5.91 Å². The van der Waals surface area contributed by atoms with E-state index in [2.05, 4.69) is 30.3 Å². The van der Waals surface area contributed by atoms with Crippen LogP contribution in [0.2, 0.25) is 0 Å². The molecule has 1 amide bonds. The van der Waals surface area contributed by atoms with Crippen molar-refractivity contribution in [2.75, 3.05) is 0 Å². The van der Waals surface area contributed by atoms with Gasteiger partial charge in [0.05, 0.1) is 0 Å². The smallest absolute Gasteiger partial charge is 0.248 e. The van der Waals surface area contributed by atoms with Gasteiger partial charge in [-0.05, 0) is 54.0 Å². The third-order valence-electron chi connectivity index (χ3n) is 3.87. The number of rotatable bonds is 1. The van der Waals surface area contributed by atoms with Gasteiger partial charge in [-0.15, -0.1) is 0 Å². The lowest BCUT2D eigenvalue weighted by Gasteiger charge is -2.19. The summed E-state index contributed by atoms with van der Waals surface area (Å²) < 4.78 is 0. The molecule has 0 heterocycles. The van der Waals surface area contributed by atoms with E-state index < -0.39 is 0 Å². The molecule has 0 saturated carbocycles. The predicted molar refractivity (Wildman–Crippen MR) is 77.0 cm³/mol. The van der Waals surface area contributed by atoms with Gasteiger partial charge in [0.2, 0.25) is 5.91 Å². The van der Waals surface area contributed by atoms with E-state index in [1.165, 1.54) is 16.7 Å². The van der Waals surface area contributed by atoms with E-state index in [1.54, 1.807) is 0 Å². The number of benzene rings is 2. The fourth-order valence-electron chi connectivity index (χ4n) is 2.96. The monoisotopic (exact) mass is 251 g/mol. The summed E-state index contributed by atoms with van der Waals surface area (Å²) in [6.07, 6.45) is 4.30. The minimum absolute atomic E-state index is 0.324. The van der Waals surface area contributed by atoms with Crippen LogP contribution in [0.5, 0.6) is 0 Å². The zero-order valence-electron chi connectivity index (χ0n) is 10.9. The van der Waals surface area contributed by atoms with E-state index in [4.69, 9.17) is 5.73 Å². The molecule has 2 aromatic carbocycles. The Kier molecular flexibility index (Phi) is 3.08. The normalized spacial score (nSPS) is 13.9. The van der Waals surface area contributed by atoms with Crippen LogP contribution >= 0.6 is 0 Å². The van der Waals surface area contributed by atoms with Crippen molar-refractivity contribution in [1.82, 2.24) is 0 Å². The molecule has 0 spiro atoms. The molecule has 2 N–H and O–H groups in total. The topological polar surface area (TPSA) is 43.1 Å². The molecule has 0 aromatic heterocycles. The number of fused-ring (bicyclic) bond motifs is 3. The fraction of sp³-hybridized carbons (Fsp3) is 0.235. The Balaban J connectivity index is 2.27. The SMILES string of the molecule is NC(=O)c1cccc2c1CCCCc1ccccc1-2. The molecule has 0 saturated heterocycles. The first-order chi connectivity index (χ1) is 9.27. The first kappa shape index (κ1) is 12.0. The lowest BCUT2D eigenvalue weighted by molar-refractivity contribution is 0.0999. The summed E-state index contributed by atoms with van der Waals surface area (Å²) in [5, 5.41) is 0. The van der Waals surface area contributed by atoms with Crippen LogP contribution in [0.3, 0.4) is 0 Å². The maximum Gasteiger partial charge on any atom is 0.248 e. The van der Waals surface area contributed by atoms with Gasteiger partial charge in [0, 0.05) is 5.56 Å². The summed E-state index contributed by atoms with van der Waals surface area (Å²) in [5.41, 5.74) is 11.1. The standard InChI is InChI=1S/C17H17NO/c18-17(19)16-11-5-10-14-13-8-3-1-6-12(13)7-2-4-9-15(14)16/h1,3,5-6,8,10-11H,2,4,7,9H2,(H2,18,19). The van der Waals surface area contributed by atoms with Crippen molar-refractivity contribution >= 4 is 5.91 Å². The third-order valence-corrected chi connectivity index (χ3v) is 3.87. The molecule has 0 radical (unpaired) electrons. The Hall–Kier alpha value is -2.09. The predicted octanol–water partition coefficient (Wildman–Crippen LogP) is 3.33. The molecular formula is C17H17NO. The Bertz CT molecular complexity index is 631. The van der Waals surface area contributed by atoms with Crippen LogP contribution in [0.4, 0.5) is 0 Å². The van der Waals surface area contributed by atoms with Crippen molar-refractivity contribution in [1.29, 1.82) is 0 Å². The van der Waals surface area contributed by atoms with Crippen molar-refractivity contribution in [3.05, 3.63) is 59.2 Å². The van der Waals surface area contributed by atoms with E-state index in [0.717, 1.165) is 31.2 Å². The van der Waals surface area contributed by atoms with Crippen LogP contribution in [0.25, 0.3) is 11.1 Å². The first-order valence-electron chi connectivity index (χ1n) is 6.77. The van der Waals surface area contributed by atoms with Gasteiger partial charge in [-0.2, -0.15) is 0 Å². The van der Waals surface area contributed by atoms with Gasteiger partial charge < -0.3 is 5.73 Å². The largest absolute Gasteiger partial charge is 0.366 e. The highest BCUT2D eigenvalue weighted by Gasteiger charge is 2.17. The molecule has 0 atom stereocenters. The number of primary amides is 1. The molecular weight excluding hydrogens is 234 g/mol. The summed E-state index contributed by atoms with van der Waals surface area (Å²) >= 11 is 0. The van der Waals surface area contributed by atoms with Crippen LogP contribution in [0, 0.1) is 0 Å². The van der Waals surface area contributed by atoms with Gasteiger partial charge in [-0.3, -0.25) is 4.79 Å². The lowest BCUT2D eigenvalue weighted by Crippen LogP contribution is -2.15. The summed E-state index contributed by atoms with van der Waals surface area (Å²) in [7, 11) is 0. The van der Waals surface area contributed by atoms with Gasteiger partial charge in [0.15, 0.2) is 0 Å². The van der Waals surface area contributed by atoms with Gasteiger partial charge in [0.1, 0.15) is 0 Å². The Labute approximate surface area is 113 Å². The molecule has 1 aliphatic rings. The molecule has 1 aliphatic carbocycles.